The average molecular weight is 267 g/mol. The zero-order valence-electron chi connectivity index (χ0n) is 11.5. The molecule has 1 unspecified atom stereocenters. The summed E-state index contributed by atoms with van der Waals surface area (Å²) in [6.07, 6.45) is 9.63. The average Bonchev–Trinajstić information content (AvgIpc) is 2.96. The number of nitrogens with one attached hydrogen (secondary N) is 1. The molecule has 4 heteroatoms. The van der Waals surface area contributed by atoms with Crippen LogP contribution in [0.25, 0.3) is 0 Å². The molecule has 0 bridgehead atoms. The Bertz CT molecular complexity index is 342. The van der Waals surface area contributed by atoms with Gasteiger partial charge in [0.15, 0.2) is 0 Å². The van der Waals surface area contributed by atoms with Crippen molar-refractivity contribution in [3.8, 4) is 0 Å². The number of nitrogens with zero attached hydrogens (tertiary/aromatic N) is 1. The van der Waals surface area contributed by atoms with Gasteiger partial charge in [0.25, 0.3) is 0 Å². The number of hydrogen-bond acceptors (Lipinski definition) is 4. The summed E-state index contributed by atoms with van der Waals surface area (Å²) in [5.74, 6) is 6.60. The van der Waals surface area contributed by atoms with Gasteiger partial charge in [-0.25, -0.2) is 0 Å². The molecule has 0 amide bonds. The number of aromatic nitrogens is 1. The molecule has 2 rings (SSSR count). The smallest absolute Gasteiger partial charge is 0.0794 e. The van der Waals surface area contributed by atoms with Gasteiger partial charge in [0, 0.05) is 23.5 Å². The second-order valence-corrected chi connectivity index (χ2v) is 7.03. The molecule has 1 aliphatic carbocycles. The summed E-state index contributed by atoms with van der Waals surface area (Å²) in [6.45, 7) is 4.64. The molecule has 1 saturated carbocycles. The Hall–Kier alpha value is -0.450. The first-order valence-corrected chi connectivity index (χ1v) is 7.88. The molecule has 0 radical (unpaired) electrons. The molecule has 1 aromatic heterocycles. The molecule has 0 aromatic carbocycles. The first-order chi connectivity index (χ1) is 8.66. The van der Waals surface area contributed by atoms with Crippen LogP contribution in [0.2, 0.25) is 0 Å². The standard InChI is InChI=1S/C14H25N3S/c1-11(2)8-14(5-3-4-6-14)13(17-15)7-12-9-16-10-18-12/h9-11,13,17H,3-8,15H2,1-2H3. The van der Waals surface area contributed by atoms with Crippen LogP contribution in [0.4, 0.5) is 0 Å². The van der Waals surface area contributed by atoms with E-state index in [1.807, 2.05) is 11.7 Å². The molecule has 1 aromatic rings. The van der Waals surface area contributed by atoms with Gasteiger partial charge in [-0.15, -0.1) is 11.3 Å². The number of thiazole rings is 1. The van der Waals surface area contributed by atoms with Crippen LogP contribution in [0.1, 0.15) is 50.8 Å². The first kappa shape index (κ1) is 14.0. The summed E-state index contributed by atoms with van der Waals surface area (Å²) >= 11 is 1.74. The Morgan fingerprint density at radius 1 is 1.44 bits per heavy atom. The topological polar surface area (TPSA) is 50.9 Å². The minimum atomic E-state index is 0.392. The third-order valence-corrected chi connectivity index (χ3v) is 5.05. The molecule has 0 spiro atoms. The second-order valence-electron chi connectivity index (χ2n) is 6.06. The SMILES string of the molecule is CC(C)CC1(C(Cc2cncs2)NN)CCCC1. The van der Waals surface area contributed by atoms with Crippen LogP contribution in [0, 0.1) is 11.3 Å². The van der Waals surface area contributed by atoms with Crippen LogP contribution < -0.4 is 11.3 Å². The zero-order valence-corrected chi connectivity index (χ0v) is 12.3. The van der Waals surface area contributed by atoms with Gasteiger partial charge in [-0.1, -0.05) is 26.7 Å². The van der Waals surface area contributed by atoms with E-state index in [0.29, 0.717) is 11.5 Å². The van der Waals surface area contributed by atoms with E-state index < -0.39 is 0 Å². The molecule has 0 aliphatic heterocycles. The second kappa shape index (κ2) is 6.13. The highest BCUT2D eigenvalue weighted by Gasteiger charge is 2.41. The van der Waals surface area contributed by atoms with Crippen LogP contribution >= 0.6 is 11.3 Å². The van der Waals surface area contributed by atoms with Crippen LogP contribution in [-0.4, -0.2) is 11.0 Å². The minimum Gasteiger partial charge on any atom is -0.271 e. The van der Waals surface area contributed by atoms with E-state index in [0.717, 1.165) is 12.3 Å². The van der Waals surface area contributed by atoms with Crippen molar-refractivity contribution in [3.05, 3.63) is 16.6 Å². The highest BCUT2D eigenvalue weighted by Crippen LogP contribution is 2.46. The fourth-order valence-electron chi connectivity index (χ4n) is 3.58. The molecule has 1 fully saturated rings. The van der Waals surface area contributed by atoms with Crippen LogP contribution in [0.3, 0.4) is 0 Å². The molecule has 3 nitrogen and oxygen atoms in total. The minimum absolute atomic E-state index is 0.392. The summed E-state index contributed by atoms with van der Waals surface area (Å²) in [5, 5.41) is 0. The van der Waals surface area contributed by atoms with Gasteiger partial charge in [-0.2, -0.15) is 0 Å². The molecular weight excluding hydrogens is 242 g/mol. The highest BCUT2D eigenvalue weighted by molar-refractivity contribution is 7.09. The Labute approximate surface area is 114 Å². The summed E-state index contributed by atoms with van der Waals surface area (Å²) in [5.41, 5.74) is 5.41. The molecule has 3 N–H and O–H groups in total. The predicted molar refractivity (Wildman–Crippen MR) is 77.3 cm³/mol. The summed E-state index contributed by atoms with van der Waals surface area (Å²) < 4.78 is 0. The van der Waals surface area contributed by atoms with Gasteiger partial charge < -0.3 is 0 Å². The molecule has 1 heterocycles. The normalized spacial score (nSPS) is 20.4. The number of hydrogen-bond donors (Lipinski definition) is 2. The van der Waals surface area contributed by atoms with Crippen molar-refractivity contribution < 1.29 is 0 Å². The number of nitrogens with two attached hydrogens (primary N) is 1. The number of hydrazine groups is 1. The van der Waals surface area contributed by atoms with E-state index >= 15 is 0 Å². The van der Waals surface area contributed by atoms with Gasteiger partial charge in [0.2, 0.25) is 0 Å². The lowest BCUT2D eigenvalue weighted by Gasteiger charge is -2.38. The van der Waals surface area contributed by atoms with E-state index in [-0.39, 0.29) is 0 Å². The fraction of sp³-hybridized carbons (Fsp3) is 0.786. The molecule has 0 saturated heterocycles. The molecular formula is C14H25N3S. The monoisotopic (exact) mass is 267 g/mol. The zero-order chi connectivity index (χ0) is 13.0. The van der Waals surface area contributed by atoms with E-state index in [4.69, 9.17) is 5.84 Å². The van der Waals surface area contributed by atoms with E-state index in [9.17, 15) is 0 Å². The number of rotatable bonds is 6. The van der Waals surface area contributed by atoms with Crippen molar-refractivity contribution in [3.63, 3.8) is 0 Å². The van der Waals surface area contributed by atoms with Crippen LogP contribution in [0.5, 0.6) is 0 Å². The van der Waals surface area contributed by atoms with Crippen molar-refractivity contribution >= 4 is 11.3 Å². The van der Waals surface area contributed by atoms with Crippen molar-refractivity contribution in [2.24, 2.45) is 17.2 Å². The van der Waals surface area contributed by atoms with Gasteiger partial charge in [0.1, 0.15) is 0 Å². The molecule has 102 valence electrons. The quantitative estimate of drug-likeness (QED) is 0.615. The van der Waals surface area contributed by atoms with Gasteiger partial charge in [0.05, 0.1) is 5.51 Å². The first-order valence-electron chi connectivity index (χ1n) is 7.00. The van der Waals surface area contributed by atoms with Gasteiger partial charge >= 0.3 is 0 Å². The molecule has 1 atom stereocenters. The van der Waals surface area contributed by atoms with Crippen LogP contribution in [-0.2, 0) is 6.42 Å². The highest BCUT2D eigenvalue weighted by atomic mass is 32.1. The maximum atomic E-state index is 5.86. The Kier molecular flexibility index (Phi) is 4.76. The summed E-state index contributed by atoms with van der Waals surface area (Å²) in [6, 6.07) is 0.392. The van der Waals surface area contributed by atoms with E-state index in [1.54, 1.807) is 11.3 Å². The van der Waals surface area contributed by atoms with E-state index in [1.165, 1.54) is 37.0 Å². The maximum Gasteiger partial charge on any atom is 0.0794 e. The lowest BCUT2D eigenvalue weighted by Crippen LogP contribution is -2.49. The lowest BCUT2D eigenvalue weighted by atomic mass is 9.71. The summed E-state index contributed by atoms with van der Waals surface area (Å²) in [4.78, 5) is 5.51. The third-order valence-electron chi connectivity index (χ3n) is 4.24. The Balaban J connectivity index is 2.11. The van der Waals surface area contributed by atoms with Crippen molar-refractivity contribution in [2.45, 2.75) is 58.4 Å². The summed E-state index contributed by atoms with van der Waals surface area (Å²) in [7, 11) is 0. The van der Waals surface area contributed by atoms with Crippen molar-refractivity contribution in [2.75, 3.05) is 0 Å². The third kappa shape index (κ3) is 3.11. The predicted octanol–water partition coefficient (Wildman–Crippen LogP) is 3.12. The lowest BCUT2D eigenvalue weighted by molar-refractivity contribution is 0.155. The molecule has 1 aliphatic rings. The fourth-order valence-corrected chi connectivity index (χ4v) is 4.23. The van der Waals surface area contributed by atoms with Gasteiger partial charge in [-0.05, 0) is 30.6 Å². The largest absolute Gasteiger partial charge is 0.271 e. The van der Waals surface area contributed by atoms with Crippen LogP contribution in [0.15, 0.2) is 11.7 Å². The molecule has 18 heavy (non-hydrogen) atoms. The van der Waals surface area contributed by atoms with E-state index in [2.05, 4.69) is 24.3 Å². The maximum absolute atomic E-state index is 5.86. The van der Waals surface area contributed by atoms with Crippen molar-refractivity contribution in [1.29, 1.82) is 0 Å². The Morgan fingerprint density at radius 3 is 2.67 bits per heavy atom. The Morgan fingerprint density at radius 2 is 2.17 bits per heavy atom. The van der Waals surface area contributed by atoms with Gasteiger partial charge in [-0.3, -0.25) is 16.3 Å². The van der Waals surface area contributed by atoms with Crippen molar-refractivity contribution in [1.82, 2.24) is 10.4 Å².